The molecule has 0 bridgehead atoms. The van der Waals surface area contributed by atoms with Crippen LogP contribution in [-0.2, 0) is 23.2 Å². The van der Waals surface area contributed by atoms with Crippen molar-refractivity contribution in [1.82, 2.24) is 15.0 Å². The first-order chi connectivity index (χ1) is 19.8. The number of benzene rings is 6. The smallest absolute Gasteiger partial charge is 0.0464 e. The average molecular weight is 662 g/mol. The van der Waals surface area contributed by atoms with E-state index in [-0.39, 0.29) is 24.8 Å². The van der Waals surface area contributed by atoms with Crippen molar-refractivity contribution in [2.24, 2.45) is 0 Å². The van der Waals surface area contributed by atoms with E-state index >= 15 is 0 Å². The number of halogens is 2. The summed E-state index contributed by atoms with van der Waals surface area (Å²) in [6.45, 7) is 0. The van der Waals surface area contributed by atoms with Crippen LogP contribution >= 0.6 is 0 Å². The van der Waals surface area contributed by atoms with Gasteiger partial charge in [-0.3, -0.25) is 0 Å². The number of nitrogens with one attached hydrogen (secondary N) is 3. The summed E-state index contributed by atoms with van der Waals surface area (Å²) in [6.07, 6.45) is 0. The van der Waals surface area contributed by atoms with Gasteiger partial charge in [0.2, 0.25) is 0 Å². The number of H-pyrrole nitrogens is 3. The van der Waals surface area contributed by atoms with E-state index in [2.05, 4.69) is 148 Å². The summed E-state index contributed by atoms with van der Waals surface area (Å²) < 4.78 is 3.00. The van der Waals surface area contributed by atoms with Gasteiger partial charge in [-0.1, -0.05) is 36.4 Å². The van der Waals surface area contributed by atoms with Gasteiger partial charge in [0.1, 0.15) is 0 Å². The SMILES string of the molecule is [Cl-].[Cl-].c1ccc2c(c1)[nH]c1[c]([Zr+2][c]3cccc4c3[nH]c3ccccc34)cccc12.c1ccc2c(c1)[nH]c1ccccc12. The first-order valence-corrected chi connectivity index (χ1v) is 16.0. The molecule has 202 valence electrons. The van der Waals surface area contributed by atoms with Crippen LogP contribution in [0.5, 0.6) is 0 Å². The van der Waals surface area contributed by atoms with Crippen molar-refractivity contribution < 1.29 is 48.0 Å². The Morgan fingerprint density at radius 1 is 0.310 bits per heavy atom. The Balaban J connectivity index is 0.000000178. The molecule has 0 saturated heterocycles. The van der Waals surface area contributed by atoms with Gasteiger partial charge in [-0.15, -0.1) is 0 Å². The molecule has 3 aromatic heterocycles. The molecule has 0 unspecified atom stereocenters. The van der Waals surface area contributed by atoms with E-state index < -0.39 is 23.2 Å². The fourth-order valence-corrected chi connectivity index (χ4v) is 9.08. The first-order valence-electron chi connectivity index (χ1n) is 13.5. The number of fused-ring (bicyclic) bond motifs is 9. The number of hydrogen-bond donors (Lipinski definition) is 3. The minimum Gasteiger partial charge on any atom is -0.355 e. The van der Waals surface area contributed by atoms with Crippen LogP contribution in [0.15, 0.2) is 133 Å². The molecular weight excluding hydrogens is 637 g/mol. The standard InChI is InChI=1S/C12H9N.2C12H8N.2ClH.Zr/c3*1-3-7-11-9(5-1)10-6-2-4-8-12(10)13-11;;;/h1-8,13H;2*1-7,13H;2*1H;/q;;;;;+2/p-2. The van der Waals surface area contributed by atoms with E-state index in [0.717, 1.165) is 0 Å². The predicted octanol–water partition coefficient (Wildman–Crippen LogP) is 2.32. The van der Waals surface area contributed by atoms with Crippen LogP contribution in [0.2, 0.25) is 0 Å². The van der Waals surface area contributed by atoms with Crippen LogP contribution in [0.3, 0.4) is 0 Å². The summed E-state index contributed by atoms with van der Waals surface area (Å²) in [5.74, 6) is 0. The Bertz CT molecular complexity index is 2170. The summed E-state index contributed by atoms with van der Waals surface area (Å²) in [4.78, 5) is 10.7. The quantitative estimate of drug-likeness (QED) is 0.255. The van der Waals surface area contributed by atoms with Crippen LogP contribution in [-0.4, -0.2) is 15.0 Å². The van der Waals surface area contributed by atoms with Gasteiger partial charge in [0.25, 0.3) is 0 Å². The van der Waals surface area contributed by atoms with Crippen molar-refractivity contribution in [3.05, 3.63) is 133 Å². The Kier molecular flexibility index (Phi) is 7.97. The summed E-state index contributed by atoms with van der Waals surface area (Å²) in [5, 5.41) is 7.92. The van der Waals surface area contributed by atoms with E-state index in [1.165, 1.54) is 72.0 Å². The Morgan fingerprint density at radius 3 is 1.02 bits per heavy atom. The maximum atomic E-state index is 3.67. The summed E-state index contributed by atoms with van der Waals surface area (Å²) in [6, 6.07) is 47.5. The van der Waals surface area contributed by atoms with Gasteiger partial charge in [-0.25, -0.2) is 0 Å². The molecule has 0 aliphatic carbocycles. The molecule has 0 fully saturated rings. The van der Waals surface area contributed by atoms with Crippen molar-refractivity contribution in [3.8, 4) is 0 Å². The third kappa shape index (κ3) is 4.84. The molecule has 6 aromatic carbocycles. The molecule has 0 aliphatic heterocycles. The zero-order valence-corrected chi connectivity index (χ0v) is 26.4. The van der Waals surface area contributed by atoms with Gasteiger partial charge >= 0.3 is 168 Å². The molecule has 9 aromatic rings. The molecule has 3 heterocycles. The second kappa shape index (κ2) is 11.8. The fraction of sp³-hybridized carbons (Fsp3) is 0. The Hall–Kier alpha value is -3.82. The van der Waals surface area contributed by atoms with Gasteiger partial charge in [-0.2, -0.15) is 0 Å². The number of aromatic amines is 3. The van der Waals surface area contributed by atoms with Crippen LogP contribution in [0.1, 0.15) is 0 Å². The minimum atomic E-state index is -0.974. The first kappa shape index (κ1) is 28.3. The molecule has 0 saturated carbocycles. The number of para-hydroxylation sites is 6. The van der Waals surface area contributed by atoms with Crippen LogP contribution < -0.4 is 31.4 Å². The molecule has 9 rings (SSSR count). The maximum Gasteiger partial charge on any atom is 0.0464 e. The van der Waals surface area contributed by atoms with E-state index in [4.69, 9.17) is 0 Å². The van der Waals surface area contributed by atoms with E-state index in [0.29, 0.717) is 0 Å². The molecule has 42 heavy (non-hydrogen) atoms. The third-order valence-electron chi connectivity index (χ3n) is 7.77. The minimum absolute atomic E-state index is 0. The average Bonchev–Trinajstić information content (AvgIpc) is 3.70. The topological polar surface area (TPSA) is 47.4 Å². The molecule has 6 heteroatoms. The molecule has 0 aliphatic rings. The fourth-order valence-electron chi connectivity index (χ4n) is 5.90. The monoisotopic (exact) mass is 659 g/mol. The van der Waals surface area contributed by atoms with Crippen molar-refractivity contribution in [3.63, 3.8) is 0 Å². The van der Waals surface area contributed by atoms with E-state index in [1.807, 2.05) is 0 Å². The van der Waals surface area contributed by atoms with E-state index in [9.17, 15) is 0 Å². The molecule has 0 amide bonds. The summed E-state index contributed by atoms with van der Waals surface area (Å²) in [5.41, 5.74) is 7.51. The van der Waals surface area contributed by atoms with Crippen LogP contribution in [0, 0.1) is 0 Å². The Labute approximate surface area is 266 Å². The van der Waals surface area contributed by atoms with Crippen LogP contribution in [0.4, 0.5) is 0 Å². The molecule has 0 radical (unpaired) electrons. The maximum absolute atomic E-state index is 3.67. The number of rotatable bonds is 2. The second-order valence-electron chi connectivity index (χ2n) is 10.1. The largest absolute Gasteiger partial charge is 0.355 e. The van der Waals surface area contributed by atoms with Crippen LogP contribution in [0.25, 0.3) is 65.4 Å². The zero-order chi connectivity index (χ0) is 26.5. The van der Waals surface area contributed by atoms with Gasteiger partial charge < -0.3 is 29.8 Å². The van der Waals surface area contributed by atoms with Crippen molar-refractivity contribution in [1.29, 1.82) is 0 Å². The molecule has 3 nitrogen and oxygen atoms in total. The van der Waals surface area contributed by atoms with Crippen molar-refractivity contribution in [2.75, 3.05) is 0 Å². The molecule has 0 atom stereocenters. The number of hydrogen-bond acceptors (Lipinski definition) is 0. The Morgan fingerprint density at radius 2 is 0.619 bits per heavy atom. The summed E-state index contributed by atoms with van der Waals surface area (Å²) >= 11 is -0.974. The molecular formula is C36H25Cl2N3Zr. The normalized spacial score (nSPS) is 10.9. The second-order valence-corrected chi connectivity index (χ2v) is 13.4. The summed E-state index contributed by atoms with van der Waals surface area (Å²) in [7, 11) is 0. The van der Waals surface area contributed by atoms with E-state index in [1.54, 1.807) is 0 Å². The van der Waals surface area contributed by atoms with Gasteiger partial charge in [-0.05, 0) is 12.1 Å². The van der Waals surface area contributed by atoms with Gasteiger partial charge in [0.15, 0.2) is 0 Å². The van der Waals surface area contributed by atoms with Crippen molar-refractivity contribution >= 4 is 72.0 Å². The van der Waals surface area contributed by atoms with Gasteiger partial charge in [0, 0.05) is 21.8 Å². The van der Waals surface area contributed by atoms with Gasteiger partial charge in [0.05, 0.1) is 0 Å². The predicted molar refractivity (Wildman–Crippen MR) is 167 cm³/mol. The third-order valence-corrected chi connectivity index (χ3v) is 11.1. The molecule has 3 N–H and O–H groups in total. The van der Waals surface area contributed by atoms with Crippen molar-refractivity contribution in [2.45, 2.75) is 0 Å². The zero-order valence-electron chi connectivity index (χ0n) is 22.5. The molecule has 0 spiro atoms. The number of aromatic nitrogens is 3.